The van der Waals surface area contributed by atoms with Crippen molar-refractivity contribution in [2.45, 2.75) is 29.8 Å². The lowest BCUT2D eigenvalue weighted by Gasteiger charge is -2.36. The highest BCUT2D eigenvalue weighted by Gasteiger charge is 2.34. The molecule has 0 unspecified atom stereocenters. The van der Waals surface area contributed by atoms with Gasteiger partial charge in [-0.2, -0.15) is 5.10 Å². The molecule has 1 fully saturated rings. The van der Waals surface area contributed by atoms with Crippen molar-refractivity contribution in [1.82, 2.24) is 24.1 Å². The first-order chi connectivity index (χ1) is 17.7. The van der Waals surface area contributed by atoms with Gasteiger partial charge in [-0.25, -0.2) is 22.2 Å². The Bertz CT molecular complexity index is 1610. The number of ether oxygens (including phenoxy) is 1. The molecule has 0 atom stereocenters. The van der Waals surface area contributed by atoms with E-state index in [2.05, 4.69) is 41.4 Å². The Morgan fingerprint density at radius 3 is 2.54 bits per heavy atom. The van der Waals surface area contributed by atoms with Gasteiger partial charge in [-0.05, 0) is 40.9 Å². The number of fused-ring (bicyclic) bond motifs is 1. The Kier molecular flexibility index (Phi) is 6.50. The van der Waals surface area contributed by atoms with E-state index in [1.807, 2.05) is 0 Å². The molecule has 0 saturated heterocycles. The van der Waals surface area contributed by atoms with Crippen LogP contribution in [0.2, 0.25) is 0 Å². The predicted molar refractivity (Wildman–Crippen MR) is 140 cm³/mol. The molecular formula is C24H23BrN6O5S. The number of hydrogen-bond acceptors (Lipinski definition) is 8. The van der Waals surface area contributed by atoms with Crippen molar-refractivity contribution in [3.05, 3.63) is 59.0 Å². The number of aryl methyl sites for hydroxylation is 1. The van der Waals surface area contributed by atoms with Crippen LogP contribution in [0.3, 0.4) is 0 Å². The summed E-state index contributed by atoms with van der Waals surface area (Å²) in [6.45, 7) is 0. The normalized spacial score (nSPS) is 17.3. The number of carbonyl (C=O) groups excluding carboxylic acids is 2. The molecule has 3 aromatic heterocycles. The van der Waals surface area contributed by atoms with Crippen molar-refractivity contribution in [3.8, 4) is 11.3 Å². The lowest BCUT2D eigenvalue weighted by atomic mass is 9.86. The van der Waals surface area contributed by atoms with Crippen LogP contribution in [0.15, 0.2) is 58.3 Å². The van der Waals surface area contributed by atoms with Crippen LogP contribution in [0, 0.1) is 0 Å². The summed E-state index contributed by atoms with van der Waals surface area (Å²) in [4.78, 5) is 28.0. The second kappa shape index (κ2) is 9.63. The summed E-state index contributed by atoms with van der Waals surface area (Å²) in [7, 11) is -1.04. The number of alkyl carbamates (subject to hydrolysis) is 1. The summed E-state index contributed by atoms with van der Waals surface area (Å²) >= 11 is 3.62. The quantitative estimate of drug-likeness (QED) is 0.314. The fourth-order valence-electron chi connectivity index (χ4n) is 4.44. The van der Waals surface area contributed by atoms with Crippen LogP contribution in [0.4, 0.5) is 10.5 Å². The Morgan fingerprint density at radius 1 is 1.19 bits per heavy atom. The first kappa shape index (κ1) is 25.0. The number of amides is 1. The molecule has 0 radical (unpaired) electrons. The van der Waals surface area contributed by atoms with E-state index >= 15 is 0 Å². The first-order valence-electron chi connectivity index (χ1n) is 11.3. The lowest BCUT2D eigenvalue weighted by Crippen LogP contribution is -2.49. The first-order valence-corrected chi connectivity index (χ1v) is 13.6. The van der Waals surface area contributed by atoms with E-state index in [-0.39, 0.29) is 28.2 Å². The number of carbonyl (C=O) groups is 2. The van der Waals surface area contributed by atoms with Crippen molar-refractivity contribution in [2.75, 3.05) is 12.4 Å². The molecule has 5 rings (SSSR count). The van der Waals surface area contributed by atoms with Gasteiger partial charge in [-0.3, -0.25) is 9.48 Å². The van der Waals surface area contributed by atoms with Gasteiger partial charge in [0.25, 0.3) is 10.0 Å². The van der Waals surface area contributed by atoms with E-state index in [4.69, 9.17) is 0 Å². The molecule has 1 aromatic carbocycles. The van der Waals surface area contributed by atoms with Crippen LogP contribution in [0.5, 0.6) is 0 Å². The van der Waals surface area contributed by atoms with Gasteiger partial charge in [0.15, 0.2) is 11.9 Å². The van der Waals surface area contributed by atoms with Crippen molar-refractivity contribution in [1.29, 1.82) is 0 Å². The van der Waals surface area contributed by atoms with Gasteiger partial charge in [-0.1, -0.05) is 18.2 Å². The minimum Gasteiger partial charge on any atom is -0.453 e. The molecule has 1 amide bonds. The standard InChI is InChI=1S/C24H23BrN6O5S/c1-30-12-14(11-27-30)22-20(25)19-21(28-16-8-17(9-16)29-24(33)36-2)15(13-32)10-26-23(19)31(22)37(34,35)18-6-4-3-5-7-18/h3-7,10-13,16-17H,8-9H2,1-2H3,(H,26,28)(H,29,33). The van der Waals surface area contributed by atoms with E-state index in [0.29, 0.717) is 45.9 Å². The highest BCUT2D eigenvalue weighted by atomic mass is 79.9. The third-order valence-corrected chi connectivity index (χ3v) is 8.77. The van der Waals surface area contributed by atoms with Crippen molar-refractivity contribution < 1.29 is 22.7 Å². The average Bonchev–Trinajstić information content (AvgIpc) is 3.43. The number of benzene rings is 1. The smallest absolute Gasteiger partial charge is 0.407 e. The molecule has 0 bridgehead atoms. The zero-order chi connectivity index (χ0) is 26.3. The molecule has 0 aliphatic heterocycles. The number of pyridine rings is 1. The third kappa shape index (κ3) is 4.37. The second-order valence-electron chi connectivity index (χ2n) is 8.70. The highest BCUT2D eigenvalue weighted by molar-refractivity contribution is 9.10. The lowest BCUT2D eigenvalue weighted by molar-refractivity contribution is 0.112. The molecule has 3 heterocycles. The summed E-state index contributed by atoms with van der Waals surface area (Å²) in [6.07, 6.45) is 6.02. The summed E-state index contributed by atoms with van der Waals surface area (Å²) in [5, 5.41) is 10.8. The Morgan fingerprint density at radius 2 is 1.92 bits per heavy atom. The maximum atomic E-state index is 13.9. The summed E-state index contributed by atoms with van der Waals surface area (Å²) < 4.78 is 35.7. The van der Waals surface area contributed by atoms with Crippen LogP contribution < -0.4 is 10.6 Å². The monoisotopic (exact) mass is 586 g/mol. The minimum atomic E-state index is -4.09. The van der Waals surface area contributed by atoms with E-state index in [9.17, 15) is 18.0 Å². The minimum absolute atomic E-state index is 0.0609. The van der Waals surface area contributed by atoms with E-state index in [1.165, 1.54) is 29.4 Å². The SMILES string of the molecule is COC(=O)NC1CC(Nc2c(C=O)cnc3c2c(Br)c(-c2cnn(C)c2)n3S(=O)(=O)c2ccccc2)C1. The highest BCUT2D eigenvalue weighted by Crippen LogP contribution is 2.44. The molecule has 1 aliphatic rings. The molecule has 11 nitrogen and oxygen atoms in total. The van der Waals surface area contributed by atoms with Gasteiger partial charge in [0, 0.05) is 37.1 Å². The molecular weight excluding hydrogens is 564 g/mol. The molecule has 37 heavy (non-hydrogen) atoms. The number of methoxy groups -OCH3 is 1. The molecule has 2 N–H and O–H groups in total. The number of anilines is 1. The van der Waals surface area contributed by atoms with Crippen LogP contribution >= 0.6 is 15.9 Å². The van der Waals surface area contributed by atoms with Crippen molar-refractivity contribution in [2.24, 2.45) is 7.05 Å². The molecule has 192 valence electrons. The van der Waals surface area contributed by atoms with E-state index < -0.39 is 16.1 Å². The van der Waals surface area contributed by atoms with E-state index in [0.717, 1.165) is 0 Å². The Labute approximate surface area is 221 Å². The number of nitrogens with one attached hydrogen (secondary N) is 2. The van der Waals surface area contributed by atoms with Gasteiger partial charge in [0.1, 0.15) is 0 Å². The maximum Gasteiger partial charge on any atom is 0.407 e. The Balaban J connectivity index is 1.68. The number of aromatic nitrogens is 4. The topological polar surface area (TPSA) is 137 Å². The third-order valence-electron chi connectivity index (χ3n) is 6.29. The largest absolute Gasteiger partial charge is 0.453 e. The number of rotatable bonds is 7. The molecule has 1 aliphatic carbocycles. The molecule has 0 spiro atoms. The predicted octanol–water partition coefficient (Wildman–Crippen LogP) is 3.55. The number of nitrogens with zero attached hydrogens (tertiary/aromatic N) is 4. The summed E-state index contributed by atoms with van der Waals surface area (Å²) in [6, 6.07) is 7.94. The second-order valence-corrected chi connectivity index (χ2v) is 11.3. The molecule has 4 aromatic rings. The maximum absolute atomic E-state index is 13.9. The van der Waals surface area contributed by atoms with Gasteiger partial charge in [0.05, 0.1) is 45.0 Å². The fraction of sp³-hybridized carbons (Fsp3) is 0.250. The summed E-state index contributed by atoms with van der Waals surface area (Å²) in [5.41, 5.74) is 1.79. The number of hydrogen-bond donors (Lipinski definition) is 2. The average molecular weight is 587 g/mol. The molecule has 1 saturated carbocycles. The molecule has 13 heteroatoms. The van der Waals surface area contributed by atoms with Crippen molar-refractivity contribution in [3.63, 3.8) is 0 Å². The van der Waals surface area contributed by atoms with E-state index in [1.54, 1.807) is 42.3 Å². The van der Waals surface area contributed by atoms with Gasteiger partial charge in [-0.15, -0.1) is 0 Å². The van der Waals surface area contributed by atoms with Crippen LogP contribution in [-0.4, -0.2) is 58.7 Å². The van der Waals surface area contributed by atoms with Crippen LogP contribution in [0.1, 0.15) is 23.2 Å². The zero-order valence-electron chi connectivity index (χ0n) is 19.9. The van der Waals surface area contributed by atoms with Gasteiger partial charge < -0.3 is 15.4 Å². The van der Waals surface area contributed by atoms with Crippen molar-refractivity contribution >= 4 is 55.1 Å². The zero-order valence-corrected chi connectivity index (χ0v) is 22.3. The number of aldehydes is 1. The summed E-state index contributed by atoms with van der Waals surface area (Å²) in [5.74, 6) is 0. The van der Waals surface area contributed by atoms with Gasteiger partial charge >= 0.3 is 6.09 Å². The van der Waals surface area contributed by atoms with Gasteiger partial charge in [0.2, 0.25) is 0 Å². The fourth-order valence-corrected chi connectivity index (χ4v) is 6.85. The Hall–Kier alpha value is -3.71. The van der Waals surface area contributed by atoms with Crippen LogP contribution in [0.25, 0.3) is 22.3 Å². The van der Waals surface area contributed by atoms with Crippen LogP contribution in [-0.2, 0) is 21.8 Å². The number of halogens is 1.